The molecule has 9 nitrogen and oxygen atoms in total. The van der Waals surface area contributed by atoms with Crippen molar-refractivity contribution in [3.8, 4) is 5.75 Å². The molecule has 0 saturated carbocycles. The molecular formula is C25H18INO8S. The van der Waals surface area contributed by atoms with Crippen LogP contribution in [-0.2, 0) is 22.7 Å². The highest BCUT2D eigenvalue weighted by atomic mass is 127. The number of amides is 2. The molecule has 0 spiro atoms. The second kappa shape index (κ2) is 11.0. The third-order valence-corrected chi connectivity index (χ3v) is 6.84. The summed E-state index contributed by atoms with van der Waals surface area (Å²) in [5, 5.41) is 8.55. The Hall–Kier alpha value is -3.58. The zero-order valence-corrected chi connectivity index (χ0v) is 21.7. The maximum atomic E-state index is 12.8. The Bertz CT molecular complexity index is 1380. The Morgan fingerprint density at radius 1 is 1.11 bits per heavy atom. The van der Waals surface area contributed by atoms with E-state index in [2.05, 4.69) is 27.3 Å². The van der Waals surface area contributed by atoms with Crippen molar-refractivity contribution in [3.63, 3.8) is 0 Å². The number of carboxylic acids is 1. The number of carbonyl (C=O) groups excluding carboxylic acids is 3. The molecule has 0 unspecified atom stereocenters. The summed E-state index contributed by atoms with van der Waals surface area (Å²) in [5.41, 5.74) is 1.75. The van der Waals surface area contributed by atoms with Gasteiger partial charge in [-0.1, -0.05) is 18.2 Å². The molecule has 0 aliphatic carbocycles. The Balaban J connectivity index is 1.41. The van der Waals surface area contributed by atoms with Gasteiger partial charge in [0.15, 0.2) is 0 Å². The van der Waals surface area contributed by atoms with E-state index in [1.54, 1.807) is 30.3 Å². The van der Waals surface area contributed by atoms with Gasteiger partial charge >= 0.3 is 11.9 Å². The van der Waals surface area contributed by atoms with Crippen LogP contribution in [0.1, 0.15) is 37.8 Å². The van der Waals surface area contributed by atoms with E-state index in [-0.39, 0.29) is 35.1 Å². The number of halogens is 1. The molecule has 184 valence electrons. The molecule has 0 bridgehead atoms. The van der Waals surface area contributed by atoms with Crippen molar-refractivity contribution in [1.29, 1.82) is 0 Å². The summed E-state index contributed by atoms with van der Waals surface area (Å²) in [6.07, 6.45) is 1.63. The maximum absolute atomic E-state index is 12.8. The number of thioether (sulfide) groups is 1. The number of aromatic carboxylic acids is 1. The third kappa shape index (κ3) is 5.79. The molecule has 1 aliphatic heterocycles. The van der Waals surface area contributed by atoms with Crippen LogP contribution in [-0.4, -0.2) is 40.2 Å². The second-order valence-corrected chi connectivity index (χ2v) is 9.66. The van der Waals surface area contributed by atoms with E-state index in [1.165, 1.54) is 31.4 Å². The van der Waals surface area contributed by atoms with Gasteiger partial charge in [-0.3, -0.25) is 14.5 Å². The molecule has 0 radical (unpaired) electrons. The monoisotopic (exact) mass is 619 g/mol. The maximum Gasteiger partial charge on any atom is 0.373 e. The smallest absolute Gasteiger partial charge is 0.373 e. The van der Waals surface area contributed by atoms with Gasteiger partial charge < -0.3 is 19.0 Å². The number of imide groups is 1. The normalized spacial score (nSPS) is 14.4. The van der Waals surface area contributed by atoms with Gasteiger partial charge in [-0.15, -0.1) is 0 Å². The van der Waals surface area contributed by atoms with Gasteiger partial charge in [0.2, 0.25) is 5.76 Å². The summed E-state index contributed by atoms with van der Waals surface area (Å²) in [5.74, 6) is -1.19. The van der Waals surface area contributed by atoms with Gasteiger partial charge in [0.1, 0.15) is 18.1 Å². The van der Waals surface area contributed by atoms with Crippen LogP contribution in [0, 0.1) is 3.57 Å². The molecule has 1 aliphatic rings. The summed E-state index contributed by atoms with van der Waals surface area (Å²) in [6.45, 7) is 0.162. The minimum atomic E-state index is -0.987. The molecule has 2 amide bonds. The van der Waals surface area contributed by atoms with E-state index in [0.29, 0.717) is 11.3 Å². The standard InChI is InChI=1S/C25H18INO8S/c1-33-24(31)20-9-7-17(35-20)12-27-22(28)21(36-25(27)32)11-15-4-8-19(18(26)10-15)34-13-14-2-5-16(6-3-14)23(29)30/h2-11H,12-13H2,1H3,(H,29,30)/b21-11+. The van der Waals surface area contributed by atoms with Crippen molar-refractivity contribution in [2.45, 2.75) is 13.2 Å². The fraction of sp³-hybridized carbons (Fsp3) is 0.120. The van der Waals surface area contributed by atoms with Crippen LogP contribution in [0.25, 0.3) is 6.08 Å². The average molecular weight is 619 g/mol. The zero-order chi connectivity index (χ0) is 25.8. The molecule has 36 heavy (non-hydrogen) atoms. The lowest BCUT2D eigenvalue weighted by atomic mass is 10.1. The molecule has 2 aromatic carbocycles. The average Bonchev–Trinajstić information content (AvgIpc) is 3.43. The summed E-state index contributed by atoms with van der Waals surface area (Å²) in [4.78, 5) is 49.1. The summed E-state index contributed by atoms with van der Waals surface area (Å²) < 4.78 is 16.6. The van der Waals surface area contributed by atoms with Crippen molar-refractivity contribution in [3.05, 3.63) is 91.3 Å². The van der Waals surface area contributed by atoms with Gasteiger partial charge in [-0.25, -0.2) is 9.59 Å². The number of rotatable bonds is 8. The first kappa shape index (κ1) is 25.5. The van der Waals surface area contributed by atoms with E-state index in [0.717, 1.165) is 25.8 Å². The minimum absolute atomic E-state index is 0.0100. The molecule has 4 rings (SSSR count). The molecular weight excluding hydrogens is 601 g/mol. The van der Waals surface area contributed by atoms with Crippen LogP contribution in [0.2, 0.25) is 0 Å². The lowest BCUT2D eigenvalue weighted by Gasteiger charge is -2.10. The van der Waals surface area contributed by atoms with Crippen LogP contribution in [0.4, 0.5) is 4.79 Å². The van der Waals surface area contributed by atoms with Crippen LogP contribution >= 0.6 is 34.4 Å². The van der Waals surface area contributed by atoms with Gasteiger partial charge in [-0.05, 0) is 88.0 Å². The number of ether oxygens (including phenoxy) is 2. The second-order valence-electron chi connectivity index (χ2n) is 7.51. The van der Waals surface area contributed by atoms with Crippen molar-refractivity contribution >= 4 is 63.5 Å². The fourth-order valence-electron chi connectivity index (χ4n) is 3.25. The number of hydrogen-bond acceptors (Lipinski definition) is 8. The molecule has 1 saturated heterocycles. The number of benzene rings is 2. The Morgan fingerprint density at radius 3 is 2.53 bits per heavy atom. The number of hydrogen-bond donors (Lipinski definition) is 1. The SMILES string of the molecule is COC(=O)c1ccc(CN2C(=O)S/C(=C/c3ccc(OCc4ccc(C(=O)O)cc4)c(I)c3)C2=O)o1. The predicted octanol–water partition coefficient (Wildman–Crippen LogP) is 5.18. The Labute approximate surface area is 223 Å². The number of methoxy groups -OCH3 is 1. The Morgan fingerprint density at radius 2 is 1.86 bits per heavy atom. The first-order valence-electron chi connectivity index (χ1n) is 10.4. The van der Waals surface area contributed by atoms with Crippen molar-refractivity contribution < 1.29 is 38.2 Å². The van der Waals surface area contributed by atoms with Gasteiger partial charge in [-0.2, -0.15) is 0 Å². The third-order valence-electron chi connectivity index (χ3n) is 5.08. The molecule has 3 aromatic rings. The van der Waals surface area contributed by atoms with Crippen LogP contribution < -0.4 is 4.74 Å². The topological polar surface area (TPSA) is 123 Å². The number of nitrogens with zero attached hydrogens (tertiary/aromatic N) is 1. The predicted molar refractivity (Wildman–Crippen MR) is 138 cm³/mol. The number of carbonyl (C=O) groups is 4. The Kier molecular flexibility index (Phi) is 7.79. The summed E-state index contributed by atoms with van der Waals surface area (Å²) in [7, 11) is 1.23. The van der Waals surface area contributed by atoms with Crippen molar-refractivity contribution in [1.82, 2.24) is 4.90 Å². The first-order valence-corrected chi connectivity index (χ1v) is 12.3. The van der Waals surface area contributed by atoms with E-state index in [4.69, 9.17) is 14.3 Å². The highest BCUT2D eigenvalue weighted by Crippen LogP contribution is 2.34. The van der Waals surface area contributed by atoms with Gasteiger partial charge in [0.25, 0.3) is 11.1 Å². The van der Waals surface area contributed by atoms with Crippen molar-refractivity contribution in [2.24, 2.45) is 0 Å². The molecule has 1 fully saturated rings. The van der Waals surface area contributed by atoms with E-state index < -0.39 is 23.1 Å². The largest absolute Gasteiger partial charge is 0.488 e. The molecule has 0 atom stereocenters. The summed E-state index contributed by atoms with van der Waals surface area (Å²) >= 11 is 2.94. The van der Waals surface area contributed by atoms with Crippen molar-refractivity contribution in [2.75, 3.05) is 7.11 Å². The fourth-order valence-corrected chi connectivity index (χ4v) is 4.78. The molecule has 2 heterocycles. The number of furan rings is 1. The van der Waals surface area contributed by atoms with Crippen LogP contribution in [0.5, 0.6) is 5.75 Å². The highest BCUT2D eigenvalue weighted by molar-refractivity contribution is 14.1. The van der Waals surface area contributed by atoms with Gasteiger partial charge in [0, 0.05) is 0 Å². The quantitative estimate of drug-likeness (QED) is 0.206. The van der Waals surface area contributed by atoms with Crippen LogP contribution in [0.3, 0.4) is 0 Å². The van der Waals surface area contributed by atoms with Gasteiger partial charge in [0.05, 0.1) is 27.7 Å². The number of carboxylic acid groups (broad SMARTS) is 1. The first-order chi connectivity index (χ1) is 17.2. The lowest BCUT2D eigenvalue weighted by Crippen LogP contribution is -2.27. The van der Waals surface area contributed by atoms with E-state index in [1.807, 2.05) is 6.07 Å². The summed E-state index contributed by atoms with van der Waals surface area (Å²) in [6, 6.07) is 14.7. The molecule has 11 heteroatoms. The zero-order valence-electron chi connectivity index (χ0n) is 18.7. The van der Waals surface area contributed by atoms with Crippen LogP contribution in [0.15, 0.2) is 63.9 Å². The highest BCUT2D eigenvalue weighted by Gasteiger charge is 2.35. The number of esters is 1. The van der Waals surface area contributed by atoms with E-state index in [9.17, 15) is 19.2 Å². The molecule has 1 N–H and O–H groups in total. The van der Waals surface area contributed by atoms with E-state index >= 15 is 0 Å². The molecule has 1 aromatic heterocycles. The minimum Gasteiger partial charge on any atom is -0.488 e. The lowest BCUT2D eigenvalue weighted by molar-refractivity contribution is -0.123.